The molecule has 7 nitrogen and oxygen atoms in total. The molecule has 1 aromatic heterocycles. The van der Waals surface area contributed by atoms with Crippen LogP contribution in [0.15, 0.2) is 29.4 Å². The number of nitrogens with two attached hydrogens (primary N) is 1. The summed E-state index contributed by atoms with van der Waals surface area (Å²) in [5.74, 6) is 0.743. The summed E-state index contributed by atoms with van der Waals surface area (Å²) >= 11 is 0. The number of aryl methyl sites for hydroxylation is 2. The number of nitrogens with one attached hydrogen (secondary N) is 2. The lowest BCUT2D eigenvalue weighted by Crippen LogP contribution is -2.26. The van der Waals surface area contributed by atoms with Crippen molar-refractivity contribution in [2.45, 2.75) is 31.1 Å². The Morgan fingerprint density at radius 3 is 2.86 bits per heavy atom. The van der Waals surface area contributed by atoms with Crippen LogP contribution >= 0.6 is 0 Å². The summed E-state index contributed by atoms with van der Waals surface area (Å²) in [5.41, 5.74) is 6.88. The first kappa shape index (κ1) is 15.5. The zero-order valence-corrected chi connectivity index (χ0v) is 12.7. The smallest absolute Gasteiger partial charge is 0.240 e. The Hall–Kier alpha value is -1.93. The molecule has 8 heteroatoms. The van der Waals surface area contributed by atoms with Crippen LogP contribution in [0.4, 0.5) is 5.69 Å². The average Bonchev–Trinajstić information content (AvgIpc) is 2.97. The minimum atomic E-state index is -3.54. The molecular weight excluding hydrogens is 290 g/mol. The zero-order valence-electron chi connectivity index (χ0n) is 11.8. The molecule has 0 fully saturated rings. The topological polar surface area (TPSA) is 114 Å². The summed E-state index contributed by atoms with van der Waals surface area (Å²) in [6.07, 6.45) is 3.34. The normalized spacial score (nSPS) is 11.7. The fourth-order valence-corrected chi connectivity index (χ4v) is 3.42. The van der Waals surface area contributed by atoms with E-state index in [2.05, 4.69) is 19.9 Å². The van der Waals surface area contributed by atoms with Crippen molar-refractivity contribution in [3.8, 4) is 0 Å². The number of rotatable bonds is 7. The summed E-state index contributed by atoms with van der Waals surface area (Å²) in [7, 11) is -3.54. The molecular formula is C13H19N5O2S. The molecule has 0 aliphatic heterocycles. The molecule has 4 N–H and O–H groups in total. The number of aromatic nitrogens is 3. The number of aromatic amines is 1. The lowest BCUT2D eigenvalue weighted by Gasteiger charge is -2.11. The van der Waals surface area contributed by atoms with E-state index in [1.165, 1.54) is 12.4 Å². The van der Waals surface area contributed by atoms with Gasteiger partial charge in [-0.15, -0.1) is 0 Å². The highest BCUT2D eigenvalue weighted by Gasteiger charge is 2.17. The number of nitrogens with zero attached hydrogens (tertiary/aromatic N) is 2. The van der Waals surface area contributed by atoms with Crippen LogP contribution in [0.25, 0.3) is 0 Å². The number of hydrogen-bond donors (Lipinski definition) is 3. The second-order valence-corrected chi connectivity index (χ2v) is 6.39. The summed E-state index contributed by atoms with van der Waals surface area (Å²) in [5, 5.41) is 6.48. The van der Waals surface area contributed by atoms with Gasteiger partial charge in [-0.1, -0.05) is 13.0 Å². The Kier molecular flexibility index (Phi) is 4.92. The van der Waals surface area contributed by atoms with E-state index >= 15 is 0 Å². The first-order chi connectivity index (χ1) is 10.0. The second kappa shape index (κ2) is 6.68. The fraction of sp³-hybridized carbons (Fsp3) is 0.385. The minimum absolute atomic E-state index is 0.254. The van der Waals surface area contributed by atoms with Crippen molar-refractivity contribution < 1.29 is 8.42 Å². The third kappa shape index (κ3) is 4.02. The van der Waals surface area contributed by atoms with Crippen molar-refractivity contribution in [2.24, 2.45) is 0 Å². The van der Waals surface area contributed by atoms with Gasteiger partial charge in [0.1, 0.15) is 12.2 Å². The van der Waals surface area contributed by atoms with Crippen LogP contribution in [0.3, 0.4) is 0 Å². The van der Waals surface area contributed by atoms with Gasteiger partial charge in [0.25, 0.3) is 0 Å². The van der Waals surface area contributed by atoms with Crippen LogP contribution in [0.5, 0.6) is 0 Å². The molecule has 21 heavy (non-hydrogen) atoms. The van der Waals surface area contributed by atoms with Crippen LogP contribution in [0.1, 0.15) is 24.7 Å². The molecule has 2 rings (SSSR count). The summed E-state index contributed by atoms with van der Waals surface area (Å²) in [6.45, 7) is 2.25. The first-order valence-electron chi connectivity index (χ1n) is 6.75. The molecule has 114 valence electrons. The molecule has 0 radical (unpaired) electrons. The monoisotopic (exact) mass is 309 g/mol. The van der Waals surface area contributed by atoms with Crippen molar-refractivity contribution in [2.75, 3.05) is 12.3 Å². The van der Waals surface area contributed by atoms with Gasteiger partial charge in [-0.05, 0) is 30.5 Å². The third-order valence-electron chi connectivity index (χ3n) is 3.11. The molecule has 0 atom stereocenters. The summed E-state index contributed by atoms with van der Waals surface area (Å²) in [4.78, 5) is 4.24. The van der Waals surface area contributed by atoms with E-state index in [9.17, 15) is 8.42 Å². The van der Waals surface area contributed by atoms with E-state index in [0.717, 1.165) is 11.4 Å². The highest BCUT2D eigenvalue weighted by atomic mass is 32.2. The quantitative estimate of drug-likeness (QED) is 0.518. The van der Waals surface area contributed by atoms with Gasteiger partial charge in [0.15, 0.2) is 0 Å². The lowest BCUT2D eigenvalue weighted by molar-refractivity contribution is 0.577. The van der Waals surface area contributed by atoms with Crippen molar-refractivity contribution in [1.29, 1.82) is 0 Å². The van der Waals surface area contributed by atoms with E-state index in [1.54, 1.807) is 12.1 Å². The Bertz CT molecular complexity index is 683. The van der Waals surface area contributed by atoms with E-state index in [-0.39, 0.29) is 4.90 Å². The molecule has 1 aromatic carbocycles. The maximum absolute atomic E-state index is 12.3. The number of H-pyrrole nitrogens is 1. The SMILES string of the molecule is CCc1ccc(N)cc1S(=O)(=O)NCCCc1ncn[nH]1. The van der Waals surface area contributed by atoms with Gasteiger partial charge < -0.3 is 5.73 Å². The maximum atomic E-state index is 12.3. The molecule has 0 unspecified atom stereocenters. The van der Waals surface area contributed by atoms with Crippen molar-refractivity contribution >= 4 is 15.7 Å². The first-order valence-corrected chi connectivity index (χ1v) is 8.23. The highest BCUT2D eigenvalue weighted by molar-refractivity contribution is 7.89. The molecule has 0 spiro atoms. The number of sulfonamides is 1. The molecule has 0 bridgehead atoms. The average molecular weight is 309 g/mol. The molecule has 0 aliphatic rings. The van der Waals surface area contributed by atoms with E-state index < -0.39 is 10.0 Å². The highest BCUT2D eigenvalue weighted by Crippen LogP contribution is 2.19. The van der Waals surface area contributed by atoms with Crippen molar-refractivity contribution in [3.63, 3.8) is 0 Å². The molecule has 0 saturated carbocycles. The number of nitrogen functional groups attached to an aromatic ring is 1. The third-order valence-corrected chi connectivity index (χ3v) is 4.65. The Balaban J connectivity index is 1.99. The number of benzene rings is 1. The van der Waals surface area contributed by atoms with Crippen LogP contribution < -0.4 is 10.5 Å². The van der Waals surface area contributed by atoms with Crippen molar-refractivity contribution in [1.82, 2.24) is 19.9 Å². The van der Waals surface area contributed by atoms with E-state index in [4.69, 9.17) is 5.73 Å². The number of hydrogen-bond acceptors (Lipinski definition) is 5. The Morgan fingerprint density at radius 1 is 1.38 bits per heavy atom. The Morgan fingerprint density at radius 2 is 2.19 bits per heavy atom. The molecule has 1 heterocycles. The van der Waals surface area contributed by atoms with Gasteiger partial charge in [0.2, 0.25) is 10.0 Å². The van der Waals surface area contributed by atoms with Crippen LogP contribution in [-0.2, 0) is 22.9 Å². The van der Waals surface area contributed by atoms with E-state index in [0.29, 0.717) is 31.5 Å². The fourth-order valence-electron chi connectivity index (χ4n) is 2.00. The van der Waals surface area contributed by atoms with Crippen molar-refractivity contribution in [3.05, 3.63) is 35.9 Å². The number of anilines is 1. The molecule has 0 aliphatic carbocycles. The van der Waals surface area contributed by atoms with Gasteiger partial charge in [-0.2, -0.15) is 5.10 Å². The summed E-state index contributed by atoms with van der Waals surface area (Å²) < 4.78 is 27.2. The van der Waals surface area contributed by atoms with Crippen LogP contribution in [0.2, 0.25) is 0 Å². The minimum Gasteiger partial charge on any atom is -0.399 e. The van der Waals surface area contributed by atoms with E-state index in [1.807, 2.05) is 6.92 Å². The maximum Gasteiger partial charge on any atom is 0.240 e. The predicted molar refractivity (Wildman–Crippen MR) is 80.1 cm³/mol. The Labute approximate surface area is 124 Å². The molecule has 2 aromatic rings. The second-order valence-electron chi connectivity index (χ2n) is 4.65. The van der Waals surface area contributed by atoms with Crippen LogP contribution in [-0.4, -0.2) is 30.1 Å². The molecule has 0 amide bonds. The molecule has 0 saturated heterocycles. The zero-order chi connectivity index (χ0) is 15.3. The van der Waals surface area contributed by atoms with Gasteiger partial charge in [-0.25, -0.2) is 18.1 Å². The van der Waals surface area contributed by atoms with Crippen LogP contribution in [0, 0.1) is 0 Å². The van der Waals surface area contributed by atoms with Gasteiger partial charge >= 0.3 is 0 Å². The largest absolute Gasteiger partial charge is 0.399 e. The van der Waals surface area contributed by atoms with Gasteiger partial charge in [-0.3, -0.25) is 5.10 Å². The standard InChI is InChI=1S/C13H19N5O2S/c1-2-10-5-6-11(14)8-12(10)21(19,20)17-7-3-4-13-15-9-16-18-13/h5-6,8-9,17H,2-4,7,14H2,1H3,(H,15,16,18). The van der Waals surface area contributed by atoms with Gasteiger partial charge in [0, 0.05) is 18.7 Å². The summed E-state index contributed by atoms with van der Waals surface area (Å²) in [6, 6.07) is 4.96. The predicted octanol–water partition coefficient (Wildman–Crippen LogP) is 0.860. The lowest BCUT2D eigenvalue weighted by atomic mass is 10.1. The van der Waals surface area contributed by atoms with Gasteiger partial charge in [0.05, 0.1) is 4.90 Å².